The van der Waals surface area contributed by atoms with Gasteiger partial charge in [-0.1, -0.05) is 6.58 Å². The lowest BCUT2D eigenvalue weighted by atomic mass is 10.4. The van der Waals surface area contributed by atoms with E-state index in [1.165, 1.54) is 0 Å². The van der Waals surface area contributed by atoms with E-state index in [0.717, 1.165) is 0 Å². The second-order valence-electron chi connectivity index (χ2n) is 1.88. The fourth-order valence-electron chi connectivity index (χ4n) is 0.724. The maximum absolute atomic E-state index is 5.18. The number of rotatable bonds is 3. The zero-order chi connectivity index (χ0) is 8.10. The maximum Gasteiger partial charge on any atom is 0.239 e. The van der Waals surface area contributed by atoms with Gasteiger partial charge in [0.05, 0.1) is 6.61 Å². The molecule has 1 aromatic heterocycles. The van der Waals surface area contributed by atoms with E-state index in [-0.39, 0.29) is 0 Å². The smallest absolute Gasteiger partial charge is 0.239 e. The summed E-state index contributed by atoms with van der Waals surface area (Å²) in [4.78, 5) is 7.99. The molecule has 1 heterocycles. The molecule has 0 unspecified atom stereocenters. The van der Waals surface area contributed by atoms with Gasteiger partial charge in [0, 0.05) is 12.4 Å². The molecule has 0 bridgehead atoms. The summed E-state index contributed by atoms with van der Waals surface area (Å²) in [6.45, 7) is 6.09. The van der Waals surface area contributed by atoms with Gasteiger partial charge in [-0.3, -0.25) is 0 Å². The predicted molar refractivity (Wildman–Crippen MR) is 43.3 cm³/mol. The van der Waals surface area contributed by atoms with Crippen LogP contribution in [0.2, 0.25) is 0 Å². The van der Waals surface area contributed by atoms with Gasteiger partial charge in [0.15, 0.2) is 0 Å². The molecule has 3 nitrogen and oxygen atoms in total. The van der Waals surface area contributed by atoms with Gasteiger partial charge in [-0.25, -0.2) is 9.97 Å². The zero-order valence-corrected chi connectivity index (χ0v) is 6.45. The van der Waals surface area contributed by atoms with Crippen LogP contribution >= 0.6 is 0 Å². The predicted octanol–water partition coefficient (Wildman–Crippen LogP) is 1.52. The van der Waals surface area contributed by atoms with Crippen LogP contribution in [0.4, 0.5) is 0 Å². The highest BCUT2D eigenvalue weighted by Gasteiger charge is 1.99. The molecule has 0 aliphatic carbocycles. The molecule has 0 aliphatic heterocycles. The van der Waals surface area contributed by atoms with Crippen LogP contribution in [0.25, 0.3) is 6.08 Å². The van der Waals surface area contributed by atoms with Crippen LogP contribution in [0.3, 0.4) is 0 Å². The van der Waals surface area contributed by atoms with Crippen LogP contribution in [0.15, 0.2) is 19.0 Å². The molecular formula is C8H10N2O. The summed E-state index contributed by atoms with van der Waals surface area (Å²) < 4.78 is 5.18. The van der Waals surface area contributed by atoms with Crippen molar-refractivity contribution in [2.75, 3.05) is 6.61 Å². The highest BCUT2D eigenvalue weighted by molar-refractivity contribution is 5.47. The van der Waals surface area contributed by atoms with Crippen LogP contribution in [-0.4, -0.2) is 16.6 Å². The first-order valence-corrected chi connectivity index (χ1v) is 3.44. The molecule has 0 aliphatic rings. The van der Waals surface area contributed by atoms with E-state index in [1.807, 2.05) is 6.92 Å². The molecule has 0 amide bonds. The normalized spacial score (nSPS) is 9.18. The van der Waals surface area contributed by atoms with Crippen molar-refractivity contribution in [2.45, 2.75) is 6.92 Å². The quantitative estimate of drug-likeness (QED) is 0.655. The Balaban J connectivity index is 2.92. The second kappa shape index (κ2) is 3.71. The van der Waals surface area contributed by atoms with Crippen molar-refractivity contribution in [2.24, 2.45) is 0 Å². The van der Waals surface area contributed by atoms with Crippen LogP contribution in [0.1, 0.15) is 12.6 Å². The zero-order valence-electron chi connectivity index (χ0n) is 6.45. The van der Waals surface area contributed by atoms with E-state index >= 15 is 0 Å². The number of nitrogens with zero attached hydrogens (tertiary/aromatic N) is 2. The maximum atomic E-state index is 5.18. The van der Waals surface area contributed by atoms with E-state index in [1.54, 1.807) is 18.5 Å². The molecule has 0 aromatic carbocycles. The van der Waals surface area contributed by atoms with Crippen molar-refractivity contribution in [3.8, 4) is 5.88 Å². The first kappa shape index (κ1) is 7.72. The minimum atomic E-state index is 0.546. The average Bonchev–Trinajstić information content (AvgIpc) is 2.06. The number of hydrogen-bond acceptors (Lipinski definition) is 3. The number of aromatic nitrogens is 2. The fraction of sp³-hybridized carbons (Fsp3) is 0.250. The Morgan fingerprint density at radius 2 is 2.27 bits per heavy atom. The van der Waals surface area contributed by atoms with Gasteiger partial charge in [0.25, 0.3) is 0 Å². The van der Waals surface area contributed by atoms with E-state index in [0.29, 0.717) is 18.2 Å². The molecule has 0 N–H and O–H groups in total. The van der Waals surface area contributed by atoms with Crippen molar-refractivity contribution in [1.82, 2.24) is 9.97 Å². The van der Waals surface area contributed by atoms with E-state index in [2.05, 4.69) is 16.5 Å². The summed E-state index contributed by atoms with van der Waals surface area (Å²) in [5.41, 5.74) is 0.689. The lowest BCUT2D eigenvalue weighted by Crippen LogP contribution is -1.97. The van der Waals surface area contributed by atoms with E-state index < -0.39 is 0 Å². The van der Waals surface area contributed by atoms with Gasteiger partial charge in [-0.2, -0.15) is 0 Å². The topological polar surface area (TPSA) is 35.0 Å². The SMILES string of the molecule is C=Cc1nccnc1OCC. The molecular weight excluding hydrogens is 140 g/mol. The van der Waals surface area contributed by atoms with Crippen molar-refractivity contribution in [3.05, 3.63) is 24.7 Å². The monoisotopic (exact) mass is 150 g/mol. The molecule has 0 spiro atoms. The summed E-state index contributed by atoms with van der Waals surface area (Å²) in [6, 6.07) is 0. The molecule has 58 valence electrons. The van der Waals surface area contributed by atoms with Crippen LogP contribution in [-0.2, 0) is 0 Å². The first-order chi connectivity index (χ1) is 5.38. The average molecular weight is 150 g/mol. The molecule has 0 atom stereocenters. The lowest BCUT2D eigenvalue weighted by Gasteiger charge is -2.02. The standard InChI is InChI=1S/C8H10N2O/c1-3-7-8(11-4-2)10-6-5-9-7/h3,5-6H,1,4H2,2H3. The third kappa shape index (κ3) is 1.77. The third-order valence-electron chi connectivity index (χ3n) is 1.17. The van der Waals surface area contributed by atoms with Crippen LogP contribution < -0.4 is 4.74 Å². The van der Waals surface area contributed by atoms with Gasteiger partial charge in [-0.05, 0) is 13.0 Å². The lowest BCUT2D eigenvalue weighted by molar-refractivity contribution is 0.324. The van der Waals surface area contributed by atoms with Crippen LogP contribution in [0.5, 0.6) is 5.88 Å². The van der Waals surface area contributed by atoms with Gasteiger partial charge >= 0.3 is 0 Å². The Labute approximate surface area is 65.8 Å². The van der Waals surface area contributed by atoms with Gasteiger partial charge in [0.2, 0.25) is 5.88 Å². The highest BCUT2D eigenvalue weighted by Crippen LogP contribution is 2.11. The third-order valence-corrected chi connectivity index (χ3v) is 1.17. The van der Waals surface area contributed by atoms with Crippen molar-refractivity contribution < 1.29 is 4.74 Å². The Hall–Kier alpha value is -1.38. The molecule has 0 saturated carbocycles. The second-order valence-corrected chi connectivity index (χ2v) is 1.88. The highest BCUT2D eigenvalue weighted by atomic mass is 16.5. The Kier molecular flexibility index (Phi) is 2.60. The summed E-state index contributed by atoms with van der Waals surface area (Å²) in [5, 5.41) is 0. The van der Waals surface area contributed by atoms with E-state index in [9.17, 15) is 0 Å². The molecule has 0 saturated heterocycles. The summed E-state index contributed by atoms with van der Waals surface area (Å²) in [7, 11) is 0. The van der Waals surface area contributed by atoms with Crippen molar-refractivity contribution in [1.29, 1.82) is 0 Å². The summed E-state index contributed by atoms with van der Waals surface area (Å²) in [5.74, 6) is 0.546. The Morgan fingerprint density at radius 3 is 2.91 bits per heavy atom. The molecule has 0 fully saturated rings. The molecule has 1 rings (SSSR count). The van der Waals surface area contributed by atoms with E-state index in [4.69, 9.17) is 4.74 Å². The summed E-state index contributed by atoms with van der Waals surface area (Å²) >= 11 is 0. The van der Waals surface area contributed by atoms with Gasteiger partial charge in [0.1, 0.15) is 5.69 Å². The Morgan fingerprint density at radius 1 is 1.55 bits per heavy atom. The minimum absolute atomic E-state index is 0.546. The molecule has 3 heteroatoms. The minimum Gasteiger partial charge on any atom is -0.476 e. The molecule has 11 heavy (non-hydrogen) atoms. The van der Waals surface area contributed by atoms with Gasteiger partial charge in [-0.15, -0.1) is 0 Å². The largest absolute Gasteiger partial charge is 0.476 e. The fourth-order valence-corrected chi connectivity index (χ4v) is 0.724. The van der Waals surface area contributed by atoms with Crippen molar-refractivity contribution >= 4 is 6.08 Å². The van der Waals surface area contributed by atoms with Crippen LogP contribution in [0, 0.1) is 0 Å². The number of ether oxygens (including phenoxy) is 1. The first-order valence-electron chi connectivity index (χ1n) is 3.44. The molecule has 1 aromatic rings. The summed E-state index contributed by atoms with van der Waals surface area (Å²) in [6.07, 6.45) is 4.83. The molecule has 0 radical (unpaired) electrons. The van der Waals surface area contributed by atoms with Gasteiger partial charge < -0.3 is 4.74 Å². The number of hydrogen-bond donors (Lipinski definition) is 0. The van der Waals surface area contributed by atoms with Crippen molar-refractivity contribution in [3.63, 3.8) is 0 Å². The Bertz CT molecular complexity index is 248.